The van der Waals surface area contributed by atoms with E-state index in [4.69, 9.17) is 23.2 Å². The normalized spacial score (nSPS) is 18.7. The van der Waals surface area contributed by atoms with Crippen molar-refractivity contribution in [3.63, 3.8) is 0 Å². The second-order valence-corrected chi connectivity index (χ2v) is 7.32. The Morgan fingerprint density at radius 3 is 2.52 bits per heavy atom. The predicted octanol–water partition coefficient (Wildman–Crippen LogP) is 4.24. The number of anilines is 1. The van der Waals surface area contributed by atoms with Crippen LogP contribution in [-0.2, 0) is 9.59 Å². The van der Waals surface area contributed by atoms with Gasteiger partial charge < -0.3 is 10.6 Å². The summed E-state index contributed by atoms with van der Waals surface area (Å²) in [6, 6.07) is 14.0. The molecule has 0 bridgehead atoms. The Bertz CT molecular complexity index is 823. The molecule has 128 valence electrons. The minimum Gasteiger partial charge on any atom is -0.325 e. The lowest BCUT2D eigenvalue weighted by Crippen LogP contribution is -2.41. The van der Waals surface area contributed by atoms with Crippen molar-refractivity contribution in [1.82, 2.24) is 5.32 Å². The summed E-state index contributed by atoms with van der Waals surface area (Å²) >= 11 is 13.1. The number of amidine groups is 1. The van der Waals surface area contributed by atoms with Crippen molar-refractivity contribution in [2.75, 3.05) is 5.32 Å². The summed E-state index contributed by atoms with van der Waals surface area (Å²) in [6.07, 6.45) is 0.0681. The molecule has 0 spiro atoms. The van der Waals surface area contributed by atoms with E-state index in [0.29, 0.717) is 26.6 Å². The van der Waals surface area contributed by atoms with E-state index < -0.39 is 5.25 Å². The number of hydrogen-bond acceptors (Lipinski definition) is 4. The molecule has 1 heterocycles. The quantitative estimate of drug-likeness (QED) is 0.818. The molecule has 0 saturated carbocycles. The van der Waals surface area contributed by atoms with Crippen LogP contribution in [0, 0.1) is 0 Å². The smallest absolute Gasteiger partial charge is 0.238 e. The van der Waals surface area contributed by atoms with Crippen molar-refractivity contribution in [2.24, 2.45) is 4.99 Å². The molecule has 2 aromatic rings. The summed E-state index contributed by atoms with van der Waals surface area (Å²) < 4.78 is 0. The number of para-hydroxylation sites is 1. The highest BCUT2D eigenvalue weighted by molar-refractivity contribution is 8.15. The van der Waals surface area contributed by atoms with Crippen molar-refractivity contribution in [2.45, 2.75) is 11.7 Å². The first-order chi connectivity index (χ1) is 12.0. The number of benzene rings is 2. The van der Waals surface area contributed by atoms with Gasteiger partial charge in [-0.3, -0.25) is 9.59 Å². The van der Waals surface area contributed by atoms with E-state index in [1.54, 1.807) is 18.2 Å². The van der Waals surface area contributed by atoms with E-state index in [1.165, 1.54) is 11.8 Å². The second kappa shape index (κ2) is 7.91. The minimum atomic E-state index is -0.589. The Hall–Kier alpha value is -2.02. The third-order valence-corrected chi connectivity index (χ3v) is 4.80. The molecule has 0 unspecified atom stereocenters. The molecule has 8 heteroatoms. The lowest BCUT2D eigenvalue weighted by atomic mass is 10.2. The van der Waals surface area contributed by atoms with Gasteiger partial charge in [0.05, 0.1) is 5.69 Å². The molecule has 1 atom stereocenters. The number of amides is 2. The third kappa shape index (κ3) is 4.98. The lowest BCUT2D eigenvalue weighted by molar-refractivity contribution is -0.123. The molecule has 0 radical (unpaired) electrons. The summed E-state index contributed by atoms with van der Waals surface area (Å²) in [6.45, 7) is 0. The lowest BCUT2D eigenvalue weighted by Gasteiger charge is -2.22. The average Bonchev–Trinajstić information content (AvgIpc) is 2.54. The first kappa shape index (κ1) is 17.8. The van der Waals surface area contributed by atoms with Crippen molar-refractivity contribution in [3.8, 4) is 0 Å². The van der Waals surface area contributed by atoms with Gasteiger partial charge in [0, 0.05) is 22.2 Å². The fraction of sp³-hybridized carbons (Fsp3) is 0.118. The number of halogens is 2. The number of thioether (sulfide) groups is 1. The number of carbonyl (C=O) groups is 2. The molecule has 3 rings (SSSR count). The van der Waals surface area contributed by atoms with Crippen LogP contribution in [0.2, 0.25) is 10.0 Å². The monoisotopic (exact) mass is 393 g/mol. The molecular weight excluding hydrogens is 381 g/mol. The van der Waals surface area contributed by atoms with Gasteiger partial charge in [0.1, 0.15) is 5.25 Å². The van der Waals surface area contributed by atoms with Crippen LogP contribution in [0.4, 0.5) is 11.4 Å². The fourth-order valence-corrected chi connectivity index (χ4v) is 3.74. The molecule has 2 N–H and O–H groups in total. The Balaban J connectivity index is 1.73. The van der Waals surface area contributed by atoms with Gasteiger partial charge in [0.25, 0.3) is 0 Å². The number of nitrogens with zero attached hydrogens (tertiary/aromatic N) is 1. The number of hydrogen-bond donors (Lipinski definition) is 2. The SMILES string of the molecule is O=C1C[C@@H](C(=O)Nc2cc(Cl)cc(Cl)c2)SC(=Nc2ccccc2)N1. The zero-order chi connectivity index (χ0) is 17.8. The number of carbonyl (C=O) groups excluding carboxylic acids is 2. The Morgan fingerprint density at radius 1 is 1.16 bits per heavy atom. The van der Waals surface area contributed by atoms with Crippen molar-refractivity contribution in [3.05, 3.63) is 58.6 Å². The Kier molecular flexibility index (Phi) is 5.63. The van der Waals surface area contributed by atoms with Crippen LogP contribution in [0.5, 0.6) is 0 Å². The van der Waals surface area contributed by atoms with Crippen LogP contribution in [0.1, 0.15) is 6.42 Å². The molecule has 1 aliphatic heterocycles. The summed E-state index contributed by atoms with van der Waals surface area (Å²) in [7, 11) is 0. The number of aliphatic imine (C=N–C) groups is 1. The van der Waals surface area contributed by atoms with Gasteiger partial charge in [-0.15, -0.1) is 0 Å². The predicted molar refractivity (Wildman–Crippen MR) is 103 cm³/mol. The second-order valence-electron chi connectivity index (χ2n) is 5.26. The maximum atomic E-state index is 12.5. The molecule has 25 heavy (non-hydrogen) atoms. The van der Waals surface area contributed by atoms with Crippen molar-refractivity contribution < 1.29 is 9.59 Å². The zero-order valence-electron chi connectivity index (χ0n) is 12.8. The zero-order valence-corrected chi connectivity index (χ0v) is 15.2. The molecular formula is C17H13Cl2N3O2S. The van der Waals surface area contributed by atoms with Gasteiger partial charge in [0.2, 0.25) is 11.8 Å². The first-order valence-electron chi connectivity index (χ1n) is 7.37. The minimum absolute atomic E-state index is 0.0681. The molecule has 5 nitrogen and oxygen atoms in total. The largest absolute Gasteiger partial charge is 0.325 e. The van der Waals surface area contributed by atoms with Crippen LogP contribution in [0.15, 0.2) is 53.5 Å². The van der Waals surface area contributed by atoms with Crippen LogP contribution in [-0.4, -0.2) is 22.2 Å². The number of rotatable bonds is 3. The van der Waals surface area contributed by atoms with E-state index in [1.807, 2.05) is 30.3 Å². The molecule has 1 fully saturated rings. The maximum absolute atomic E-state index is 12.5. The van der Waals surface area contributed by atoms with Gasteiger partial charge in [-0.25, -0.2) is 4.99 Å². The Labute approximate surface area is 158 Å². The molecule has 0 aliphatic carbocycles. The molecule has 2 aromatic carbocycles. The third-order valence-electron chi connectivity index (χ3n) is 3.28. The summed E-state index contributed by atoms with van der Waals surface area (Å²) in [5.74, 6) is -0.559. The van der Waals surface area contributed by atoms with Gasteiger partial charge in [-0.1, -0.05) is 53.2 Å². The van der Waals surface area contributed by atoms with Gasteiger partial charge >= 0.3 is 0 Å². The number of nitrogens with one attached hydrogen (secondary N) is 2. The first-order valence-corrected chi connectivity index (χ1v) is 9.00. The molecule has 2 amide bonds. The molecule has 1 saturated heterocycles. The summed E-state index contributed by atoms with van der Waals surface area (Å²) in [5.41, 5.74) is 1.18. The molecule has 0 aromatic heterocycles. The Morgan fingerprint density at radius 2 is 1.84 bits per heavy atom. The van der Waals surface area contributed by atoms with E-state index in [2.05, 4.69) is 15.6 Å². The standard InChI is InChI=1S/C17H13Cl2N3O2S/c18-10-6-11(19)8-13(7-10)20-16(24)14-9-15(23)22-17(25-14)21-12-4-2-1-3-5-12/h1-8,14H,9H2,(H,20,24)(H,21,22,23)/t14-/m0/s1. The highest BCUT2D eigenvalue weighted by Gasteiger charge is 2.30. The van der Waals surface area contributed by atoms with Crippen LogP contribution >= 0.6 is 35.0 Å². The fourth-order valence-electron chi connectivity index (χ4n) is 2.21. The van der Waals surface area contributed by atoms with E-state index in [9.17, 15) is 9.59 Å². The maximum Gasteiger partial charge on any atom is 0.238 e. The average molecular weight is 394 g/mol. The van der Waals surface area contributed by atoms with Crippen LogP contribution in [0.3, 0.4) is 0 Å². The van der Waals surface area contributed by atoms with Crippen molar-refractivity contribution in [1.29, 1.82) is 0 Å². The van der Waals surface area contributed by atoms with Gasteiger partial charge in [-0.2, -0.15) is 0 Å². The van der Waals surface area contributed by atoms with Gasteiger partial charge in [0.15, 0.2) is 5.17 Å². The van der Waals surface area contributed by atoms with Crippen molar-refractivity contribution >= 4 is 63.3 Å². The summed E-state index contributed by atoms with van der Waals surface area (Å²) in [5, 5.41) is 6.06. The van der Waals surface area contributed by atoms with Crippen LogP contribution in [0.25, 0.3) is 0 Å². The highest BCUT2D eigenvalue weighted by Crippen LogP contribution is 2.26. The molecule has 1 aliphatic rings. The summed E-state index contributed by atoms with van der Waals surface area (Å²) in [4.78, 5) is 28.8. The van der Waals surface area contributed by atoms with E-state index in [-0.39, 0.29) is 18.2 Å². The topological polar surface area (TPSA) is 70.6 Å². The van der Waals surface area contributed by atoms with E-state index in [0.717, 1.165) is 0 Å². The highest BCUT2D eigenvalue weighted by atomic mass is 35.5. The van der Waals surface area contributed by atoms with E-state index >= 15 is 0 Å². The van der Waals surface area contributed by atoms with Crippen LogP contribution < -0.4 is 10.6 Å². The van der Waals surface area contributed by atoms with Gasteiger partial charge in [-0.05, 0) is 30.3 Å².